The molecule has 72 valence electrons. The Morgan fingerprint density at radius 3 is 2.38 bits per heavy atom. The molecule has 0 heterocycles. The molecule has 1 atom stereocenters. The molecule has 1 unspecified atom stereocenters. The Labute approximate surface area is 82.6 Å². The first-order chi connectivity index (χ1) is 6.02. The lowest BCUT2D eigenvalue weighted by molar-refractivity contribution is 0.686. The number of benzene rings is 1. The molecular weight excluding hydrogens is 180 g/mol. The maximum Gasteiger partial charge on any atom is 0.0500 e. The molecule has 0 radical (unpaired) electrons. The van der Waals surface area contributed by atoms with Gasteiger partial charge in [0.05, 0.1) is 10.8 Å². The van der Waals surface area contributed by atoms with Gasteiger partial charge in [-0.3, -0.25) is 4.21 Å². The Kier molecular flexibility index (Phi) is 3.26. The number of rotatable bonds is 2. The predicted octanol–water partition coefficient (Wildman–Crippen LogP) is 2.86. The fourth-order valence-electron chi connectivity index (χ4n) is 1.29. The first-order valence-corrected chi connectivity index (χ1v) is 6.02. The van der Waals surface area contributed by atoms with E-state index in [1.807, 2.05) is 13.0 Å². The minimum absolute atomic E-state index is 0.503. The van der Waals surface area contributed by atoms with Crippen LogP contribution in [0.1, 0.15) is 30.9 Å². The molecule has 0 spiro atoms. The lowest BCUT2D eigenvalue weighted by atomic mass is 10.0. The highest BCUT2D eigenvalue weighted by molar-refractivity contribution is 7.84. The van der Waals surface area contributed by atoms with E-state index in [0.29, 0.717) is 5.92 Å². The average Bonchev–Trinajstić information content (AvgIpc) is 2.04. The van der Waals surface area contributed by atoms with Gasteiger partial charge in [0.15, 0.2) is 0 Å². The summed E-state index contributed by atoms with van der Waals surface area (Å²) in [7, 11) is -0.867. The fraction of sp³-hybridized carbons (Fsp3) is 0.455. The first kappa shape index (κ1) is 10.5. The molecule has 1 nitrogen and oxygen atoms in total. The van der Waals surface area contributed by atoms with E-state index in [0.717, 1.165) is 10.5 Å². The summed E-state index contributed by atoms with van der Waals surface area (Å²) in [6.07, 6.45) is 1.73. The fourth-order valence-corrected chi connectivity index (χ4v) is 2.11. The zero-order chi connectivity index (χ0) is 10.0. The third-order valence-electron chi connectivity index (χ3n) is 2.19. The molecule has 13 heavy (non-hydrogen) atoms. The molecular formula is C11H16OS. The van der Waals surface area contributed by atoms with Crippen molar-refractivity contribution in [1.82, 2.24) is 0 Å². The second-order valence-electron chi connectivity index (χ2n) is 3.63. The minimum Gasteiger partial charge on any atom is -0.255 e. The van der Waals surface area contributed by atoms with Gasteiger partial charge in [-0.15, -0.1) is 0 Å². The summed E-state index contributed by atoms with van der Waals surface area (Å²) in [6, 6.07) is 6.21. The van der Waals surface area contributed by atoms with Crippen LogP contribution in [-0.2, 0) is 10.8 Å². The van der Waals surface area contributed by atoms with Crippen LogP contribution < -0.4 is 0 Å². The summed E-state index contributed by atoms with van der Waals surface area (Å²) < 4.78 is 11.4. The normalized spacial score (nSPS) is 13.3. The smallest absolute Gasteiger partial charge is 0.0500 e. The van der Waals surface area contributed by atoms with Crippen LogP contribution in [0.3, 0.4) is 0 Å². The minimum atomic E-state index is -0.867. The Balaban J connectivity index is 3.19. The van der Waals surface area contributed by atoms with E-state index >= 15 is 0 Å². The highest BCUT2D eigenvalue weighted by Crippen LogP contribution is 2.20. The van der Waals surface area contributed by atoms with Crippen LogP contribution >= 0.6 is 0 Å². The van der Waals surface area contributed by atoms with Gasteiger partial charge in [-0.1, -0.05) is 26.0 Å². The van der Waals surface area contributed by atoms with Gasteiger partial charge >= 0.3 is 0 Å². The van der Waals surface area contributed by atoms with Crippen LogP contribution in [0.5, 0.6) is 0 Å². The summed E-state index contributed by atoms with van der Waals surface area (Å²) in [4.78, 5) is 0.964. The van der Waals surface area contributed by atoms with Gasteiger partial charge in [0.2, 0.25) is 0 Å². The summed E-state index contributed by atoms with van der Waals surface area (Å²) in [6.45, 7) is 6.29. The molecule has 0 aliphatic carbocycles. The van der Waals surface area contributed by atoms with Crippen molar-refractivity contribution in [3.63, 3.8) is 0 Å². The second kappa shape index (κ2) is 4.05. The monoisotopic (exact) mass is 196 g/mol. The molecule has 0 aliphatic heterocycles. The zero-order valence-electron chi connectivity index (χ0n) is 8.63. The third-order valence-corrected chi connectivity index (χ3v) is 3.25. The second-order valence-corrected chi connectivity index (χ2v) is 4.98. The van der Waals surface area contributed by atoms with E-state index < -0.39 is 10.8 Å². The standard InChI is InChI=1S/C11H16OS/c1-8(2)10-6-5-9(3)11(7-10)13(4)12/h5-8H,1-4H3. The lowest BCUT2D eigenvalue weighted by Crippen LogP contribution is -1.95. The van der Waals surface area contributed by atoms with Gasteiger partial charge in [0.1, 0.15) is 0 Å². The molecule has 0 amide bonds. The Morgan fingerprint density at radius 2 is 1.92 bits per heavy atom. The first-order valence-electron chi connectivity index (χ1n) is 4.46. The number of hydrogen-bond donors (Lipinski definition) is 0. The topological polar surface area (TPSA) is 17.1 Å². The van der Waals surface area contributed by atoms with Crippen molar-refractivity contribution in [3.05, 3.63) is 29.3 Å². The van der Waals surface area contributed by atoms with Gasteiger partial charge in [-0.2, -0.15) is 0 Å². The van der Waals surface area contributed by atoms with Gasteiger partial charge in [0, 0.05) is 11.2 Å². The van der Waals surface area contributed by atoms with Gasteiger partial charge in [0.25, 0.3) is 0 Å². The molecule has 0 saturated carbocycles. The molecule has 1 aromatic rings. The molecule has 0 aliphatic rings. The Hall–Kier alpha value is -0.630. The van der Waals surface area contributed by atoms with Crippen molar-refractivity contribution < 1.29 is 4.21 Å². The molecule has 1 rings (SSSR count). The molecule has 0 aromatic heterocycles. The van der Waals surface area contributed by atoms with Crippen LogP contribution in [0, 0.1) is 6.92 Å². The van der Waals surface area contributed by atoms with Crippen LogP contribution in [0.4, 0.5) is 0 Å². The molecule has 0 fully saturated rings. The van der Waals surface area contributed by atoms with Crippen molar-refractivity contribution in [2.24, 2.45) is 0 Å². The van der Waals surface area contributed by atoms with Crippen LogP contribution in [-0.4, -0.2) is 10.5 Å². The largest absolute Gasteiger partial charge is 0.255 e. The summed E-state index contributed by atoms with van der Waals surface area (Å²) in [5.41, 5.74) is 2.38. The highest BCUT2D eigenvalue weighted by Gasteiger charge is 2.05. The van der Waals surface area contributed by atoms with Crippen molar-refractivity contribution in [2.75, 3.05) is 6.26 Å². The molecule has 2 heteroatoms. The van der Waals surface area contributed by atoms with Crippen molar-refractivity contribution in [3.8, 4) is 0 Å². The average molecular weight is 196 g/mol. The SMILES string of the molecule is Cc1ccc(C(C)C)cc1S(C)=O. The Morgan fingerprint density at radius 1 is 1.31 bits per heavy atom. The van der Waals surface area contributed by atoms with E-state index in [-0.39, 0.29) is 0 Å². The molecule has 0 N–H and O–H groups in total. The van der Waals surface area contributed by atoms with E-state index in [9.17, 15) is 4.21 Å². The molecule has 1 aromatic carbocycles. The third kappa shape index (κ3) is 2.41. The van der Waals surface area contributed by atoms with Crippen LogP contribution in [0.15, 0.2) is 23.1 Å². The van der Waals surface area contributed by atoms with Gasteiger partial charge in [-0.05, 0) is 30.0 Å². The maximum atomic E-state index is 11.4. The van der Waals surface area contributed by atoms with Crippen LogP contribution in [0.25, 0.3) is 0 Å². The summed E-state index contributed by atoms with van der Waals surface area (Å²) in [5, 5.41) is 0. The quantitative estimate of drug-likeness (QED) is 0.711. The lowest BCUT2D eigenvalue weighted by Gasteiger charge is -2.08. The maximum absolute atomic E-state index is 11.4. The number of aryl methyl sites for hydroxylation is 1. The number of hydrogen-bond acceptors (Lipinski definition) is 1. The van der Waals surface area contributed by atoms with E-state index in [4.69, 9.17) is 0 Å². The van der Waals surface area contributed by atoms with E-state index in [1.54, 1.807) is 6.26 Å². The Bertz CT molecular complexity index is 329. The molecule has 0 bridgehead atoms. The summed E-state index contributed by atoms with van der Waals surface area (Å²) in [5.74, 6) is 0.503. The van der Waals surface area contributed by atoms with Gasteiger partial charge in [-0.25, -0.2) is 0 Å². The van der Waals surface area contributed by atoms with E-state index in [2.05, 4.69) is 26.0 Å². The highest BCUT2D eigenvalue weighted by atomic mass is 32.2. The van der Waals surface area contributed by atoms with Gasteiger partial charge < -0.3 is 0 Å². The summed E-state index contributed by atoms with van der Waals surface area (Å²) >= 11 is 0. The van der Waals surface area contributed by atoms with Crippen molar-refractivity contribution >= 4 is 10.8 Å². The predicted molar refractivity (Wildman–Crippen MR) is 57.6 cm³/mol. The molecule has 0 saturated heterocycles. The van der Waals surface area contributed by atoms with E-state index in [1.165, 1.54) is 5.56 Å². The van der Waals surface area contributed by atoms with Crippen molar-refractivity contribution in [1.29, 1.82) is 0 Å². The van der Waals surface area contributed by atoms with Crippen molar-refractivity contribution in [2.45, 2.75) is 31.6 Å². The van der Waals surface area contributed by atoms with Crippen LogP contribution in [0.2, 0.25) is 0 Å². The zero-order valence-corrected chi connectivity index (χ0v) is 9.44.